The Hall–Kier alpha value is -1.65. The summed E-state index contributed by atoms with van der Waals surface area (Å²) >= 11 is 0. The highest BCUT2D eigenvalue weighted by molar-refractivity contribution is 5.88. The van der Waals surface area contributed by atoms with Gasteiger partial charge in [0.25, 0.3) is 0 Å². The van der Waals surface area contributed by atoms with Crippen LogP contribution in [0.25, 0.3) is 0 Å². The van der Waals surface area contributed by atoms with Crippen LogP contribution in [0, 0.1) is 5.92 Å². The zero-order valence-corrected chi connectivity index (χ0v) is 20.0. The molecule has 0 radical (unpaired) electrons. The van der Waals surface area contributed by atoms with Crippen molar-refractivity contribution in [3.8, 4) is 0 Å². The van der Waals surface area contributed by atoms with Gasteiger partial charge in [-0.3, -0.25) is 4.79 Å². The van der Waals surface area contributed by atoms with Gasteiger partial charge in [-0.05, 0) is 46.1 Å². The van der Waals surface area contributed by atoms with Crippen LogP contribution in [0.3, 0.4) is 0 Å². The minimum atomic E-state index is -6.05. The molecule has 0 aromatic carbocycles. The number of alkyl halides is 7. The first-order chi connectivity index (χ1) is 15.1. The first kappa shape index (κ1) is 33.5. The third-order valence-corrected chi connectivity index (χ3v) is 5.24. The number of carbonyl (C=O) groups is 2. The van der Waals surface area contributed by atoms with Gasteiger partial charge in [-0.1, -0.05) is 39.7 Å². The van der Waals surface area contributed by atoms with Gasteiger partial charge in [0.05, 0.1) is 6.61 Å². The summed E-state index contributed by atoms with van der Waals surface area (Å²) in [6.45, 7) is 9.03. The molecule has 4 nitrogen and oxygen atoms in total. The standard InChI is InChI=1S/C10H17NO2.C6H5F7O.C6H14/c1-3-13-10(12)8-4-6-9(11-2)7-5-8;1-3(7)5(10,11)6(12,13)4(8,9)2-14;1-4-6(3)5-2/h4,9,11H,3,5-7H2,1-2H3;2-3H,1H3;6H,4-5H2,1-3H3. The molecule has 0 aromatic rings. The zero-order valence-electron chi connectivity index (χ0n) is 20.0. The third kappa shape index (κ3) is 10.4. The highest BCUT2D eigenvalue weighted by Gasteiger charge is 2.73. The van der Waals surface area contributed by atoms with E-state index in [-0.39, 0.29) is 12.9 Å². The molecule has 0 spiro atoms. The molecule has 196 valence electrons. The second kappa shape index (κ2) is 15.3. The number of esters is 1. The summed E-state index contributed by atoms with van der Waals surface area (Å²) in [6, 6.07) is 0.526. The van der Waals surface area contributed by atoms with E-state index in [0.29, 0.717) is 12.6 Å². The Kier molecular flexibility index (Phi) is 15.5. The van der Waals surface area contributed by atoms with E-state index >= 15 is 0 Å². The maximum absolute atomic E-state index is 12.3. The maximum Gasteiger partial charge on any atom is 0.382 e. The lowest BCUT2D eigenvalue weighted by atomic mass is 9.95. The molecule has 11 heteroatoms. The number of hydrogen-bond donors (Lipinski definition) is 1. The number of nitrogens with one attached hydrogen (secondary N) is 1. The first-order valence-electron chi connectivity index (χ1n) is 10.9. The van der Waals surface area contributed by atoms with Crippen molar-refractivity contribution in [3.05, 3.63) is 11.6 Å². The fourth-order valence-corrected chi connectivity index (χ4v) is 2.34. The molecule has 1 aliphatic rings. The molecule has 0 saturated heterocycles. The van der Waals surface area contributed by atoms with Gasteiger partial charge < -0.3 is 10.1 Å². The van der Waals surface area contributed by atoms with Gasteiger partial charge in [0.15, 0.2) is 12.5 Å². The highest BCUT2D eigenvalue weighted by atomic mass is 19.3. The Morgan fingerprint density at radius 2 is 1.67 bits per heavy atom. The lowest BCUT2D eigenvalue weighted by molar-refractivity contribution is -0.307. The van der Waals surface area contributed by atoms with Crippen LogP contribution >= 0.6 is 0 Å². The van der Waals surface area contributed by atoms with Crippen LogP contribution in [0.2, 0.25) is 0 Å². The van der Waals surface area contributed by atoms with Gasteiger partial charge in [-0.15, -0.1) is 0 Å². The molecule has 2 unspecified atom stereocenters. The molecule has 0 aliphatic heterocycles. The summed E-state index contributed by atoms with van der Waals surface area (Å²) in [5.41, 5.74) is 0.841. The van der Waals surface area contributed by atoms with Crippen molar-refractivity contribution in [2.45, 2.75) is 96.7 Å². The molecule has 1 aliphatic carbocycles. The van der Waals surface area contributed by atoms with Gasteiger partial charge in [-0.2, -0.15) is 26.3 Å². The van der Waals surface area contributed by atoms with Crippen LogP contribution in [-0.4, -0.2) is 55.9 Å². The topological polar surface area (TPSA) is 55.4 Å². The van der Waals surface area contributed by atoms with Crippen LogP contribution in [0.15, 0.2) is 11.6 Å². The Labute approximate surface area is 191 Å². The number of rotatable bonds is 9. The summed E-state index contributed by atoms with van der Waals surface area (Å²) in [7, 11) is 1.95. The maximum atomic E-state index is 12.3. The predicted molar refractivity (Wildman–Crippen MR) is 113 cm³/mol. The van der Waals surface area contributed by atoms with E-state index in [1.807, 2.05) is 20.0 Å². The minimum Gasteiger partial charge on any atom is -0.463 e. The molecule has 0 aromatic heterocycles. The van der Waals surface area contributed by atoms with Gasteiger partial charge in [0.2, 0.25) is 0 Å². The van der Waals surface area contributed by atoms with Crippen molar-refractivity contribution < 1.29 is 45.1 Å². The van der Waals surface area contributed by atoms with Gasteiger partial charge in [0.1, 0.15) is 0 Å². The summed E-state index contributed by atoms with van der Waals surface area (Å²) in [5, 5.41) is 3.20. The van der Waals surface area contributed by atoms with E-state index in [0.717, 1.165) is 30.8 Å². The lowest BCUT2D eigenvalue weighted by Gasteiger charge is -2.30. The van der Waals surface area contributed by atoms with E-state index < -0.39 is 30.2 Å². The zero-order chi connectivity index (χ0) is 26.5. The van der Waals surface area contributed by atoms with Crippen LogP contribution in [0.4, 0.5) is 30.7 Å². The number of aldehydes is 1. The molecular formula is C22H36F7NO3. The van der Waals surface area contributed by atoms with Crippen molar-refractivity contribution >= 4 is 12.3 Å². The Bertz CT molecular complexity index is 607. The molecule has 0 amide bonds. The van der Waals surface area contributed by atoms with Crippen LogP contribution in [0.5, 0.6) is 0 Å². The van der Waals surface area contributed by atoms with Crippen LogP contribution in [0.1, 0.15) is 66.7 Å². The summed E-state index contributed by atoms with van der Waals surface area (Å²) in [5.74, 6) is -16.5. The van der Waals surface area contributed by atoms with E-state index in [1.54, 1.807) is 0 Å². The third-order valence-electron chi connectivity index (χ3n) is 5.24. The Balaban J connectivity index is 0. The highest BCUT2D eigenvalue weighted by Crippen LogP contribution is 2.47. The van der Waals surface area contributed by atoms with Crippen molar-refractivity contribution in [2.24, 2.45) is 5.92 Å². The summed E-state index contributed by atoms with van der Waals surface area (Å²) in [6.07, 6.45) is 2.32. The quantitative estimate of drug-likeness (QED) is 0.237. The Morgan fingerprint density at radius 1 is 1.15 bits per heavy atom. The number of halogens is 7. The minimum absolute atomic E-state index is 0.00517. The second-order valence-corrected chi connectivity index (χ2v) is 7.69. The van der Waals surface area contributed by atoms with E-state index in [2.05, 4.69) is 26.1 Å². The van der Waals surface area contributed by atoms with Crippen LogP contribution in [-0.2, 0) is 14.3 Å². The summed E-state index contributed by atoms with van der Waals surface area (Å²) < 4.78 is 89.9. The molecular weight excluding hydrogens is 459 g/mol. The average molecular weight is 496 g/mol. The van der Waals surface area contributed by atoms with Gasteiger partial charge in [0, 0.05) is 11.6 Å². The average Bonchev–Trinajstić information content (AvgIpc) is 2.79. The largest absolute Gasteiger partial charge is 0.463 e. The predicted octanol–water partition coefficient (Wildman–Crippen LogP) is 6.14. The van der Waals surface area contributed by atoms with Crippen molar-refractivity contribution in [1.29, 1.82) is 0 Å². The van der Waals surface area contributed by atoms with E-state index in [4.69, 9.17) is 4.74 Å². The van der Waals surface area contributed by atoms with E-state index in [9.17, 15) is 40.3 Å². The SMILES string of the molecule is CC(F)C(F)(F)C(F)(F)C(F)(F)C=O.CCC(C)CC.CCOC(=O)C1=CCC(NC)CC1. The van der Waals surface area contributed by atoms with Gasteiger partial charge >= 0.3 is 23.7 Å². The fraction of sp³-hybridized carbons (Fsp3) is 0.818. The molecule has 1 rings (SSSR count). The van der Waals surface area contributed by atoms with Crippen molar-refractivity contribution in [2.75, 3.05) is 13.7 Å². The molecule has 0 fully saturated rings. The van der Waals surface area contributed by atoms with Crippen LogP contribution < -0.4 is 5.32 Å². The molecule has 33 heavy (non-hydrogen) atoms. The number of carbonyl (C=O) groups excluding carboxylic acids is 2. The van der Waals surface area contributed by atoms with E-state index in [1.165, 1.54) is 12.8 Å². The van der Waals surface area contributed by atoms with Gasteiger partial charge in [-0.25, -0.2) is 9.18 Å². The van der Waals surface area contributed by atoms with Crippen molar-refractivity contribution in [1.82, 2.24) is 5.32 Å². The number of ether oxygens (including phenoxy) is 1. The molecule has 1 N–H and O–H groups in total. The number of hydrogen-bond acceptors (Lipinski definition) is 4. The molecule has 2 atom stereocenters. The van der Waals surface area contributed by atoms with Crippen molar-refractivity contribution in [3.63, 3.8) is 0 Å². The smallest absolute Gasteiger partial charge is 0.382 e. The normalized spacial score (nSPS) is 17.6. The lowest BCUT2D eigenvalue weighted by Crippen LogP contribution is -2.58. The monoisotopic (exact) mass is 495 g/mol. The molecule has 0 saturated carbocycles. The Morgan fingerprint density at radius 3 is 1.94 bits per heavy atom. The second-order valence-electron chi connectivity index (χ2n) is 7.69. The first-order valence-corrected chi connectivity index (χ1v) is 10.9. The summed E-state index contributed by atoms with van der Waals surface area (Å²) in [4.78, 5) is 20.7. The fourth-order valence-electron chi connectivity index (χ4n) is 2.34. The molecule has 0 heterocycles. The molecule has 0 bridgehead atoms.